The third-order valence-electron chi connectivity index (χ3n) is 2.07. The van der Waals surface area contributed by atoms with Gasteiger partial charge in [-0.15, -0.1) is 5.10 Å². The molecule has 1 aromatic carbocycles. The normalized spacial score (nSPS) is 10.5. The number of nitrogens with one attached hydrogen (secondary N) is 1. The third-order valence-corrected chi connectivity index (χ3v) is 2.93. The number of aromatic nitrogens is 3. The van der Waals surface area contributed by atoms with Crippen LogP contribution in [0.1, 0.15) is 12.7 Å². The van der Waals surface area contributed by atoms with Gasteiger partial charge in [0.2, 0.25) is 5.16 Å². The summed E-state index contributed by atoms with van der Waals surface area (Å²) in [6, 6.07) is 5.65. The number of aryl methyl sites for hydroxylation is 1. The van der Waals surface area contributed by atoms with E-state index in [4.69, 9.17) is 10.5 Å². The Morgan fingerprint density at radius 3 is 2.94 bits per heavy atom. The maximum atomic E-state index is 5.80. The van der Waals surface area contributed by atoms with E-state index in [0.29, 0.717) is 23.2 Å². The van der Waals surface area contributed by atoms with Crippen LogP contribution < -0.4 is 10.5 Å². The highest BCUT2D eigenvalue weighted by Crippen LogP contribution is 2.31. The van der Waals surface area contributed by atoms with Crippen LogP contribution >= 0.6 is 11.8 Å². The van der Waals surface area contributed by atoms with Crippen molar-refractivity contribution in [1.29, 1.82) is 0 Å². The summed E-state index contributed by atoms with van der Waals surface area (Å²) in [4.78, 5) is 5.23. The van der Waals surface area contributed by atoms with Crippen molar-refractivity contribution in [2.45, 2.75) is 23.9 Å². The molecule has 0 radical (unpaired) electrons. The van der Waals surface area contributed by atoms with Gasteiger partial charge >= 0.3 is 0 Å². The lowest BCUT2D eigenvalue weighted by molar-refractivity contribution is 0.341. The topological polar surface area (TPSA) is 76.8 Å². The predicted octanol–water partition coefficient (Wildman–Crippen LogP) is 2.25. The van der Waals surface area contributed by atoms with Crippen molar-refractivity contribution in [1.82, 2.24) is 15.2 Å². The number of hydrogen-bond donors (Lipinski definition) is 2. The molecule has 1 heterocycles. The van der Waals surface area contributed by atoms with Crippen molar-refractivity contribution in [2.24, 2.45) is 0 Å². The highest BCUT2D eigenvalue weighted by Gasteiger charge is 2.06. The molecule has 2 aromatic rings. The molecule has 0 unspecified atom stereocenters. The molecular formula is C11H14N4OS. The molecule has 0 fully saturated rings. The van der Waals surface area contributed by atoms with Gasteiger partial charge in [0.25, 0.3) is 0 Å². The highest BCUT2D eigenvalue weighted by atomic mass is 32.2. The van der Waals surface area contributed by atoms with E-state index >= 15 is 0 Å². The molecule has 0 bridgehead atoms. The van der Waals surface area contributed by atoms with Crippen LogP contribution in [0.5, 0.6) is 5.75 Å². The van der Waals surface area contributed by atoms with Gasteiger partial charge in [-0.3, -0.25) is 5.10 Å². The molecule has 0 aliphatic carbocycles. The van der Waals surface area contributed by atoms with E-state index in [1.807, 2.05) is 32.0 Å². The first-order chi connectivity index (χ1) is 8.19. The summed E-state index contributed by atoms with van der Waals surface area (Å²) in [5.41, 5.74) is 6.44. The first-order valence-electron chi connectivity index (χ1n) is 5.28. The largest absolute Gasteiger partial charge is 0.492 e. The molecule has 1 aromatic heterocycles. The van der Waals surface area contributed by atoms with Crippen LogP contribution in [0.3, 0.4) is 0 Å². The van der Waals surface area contributed by atoms with Crippen molar-refractivity contribution >= 4 is 17.4 Å². The summed E-state index contributed by atoms with van der Waals surface area (Å²) in [6.07, 6.45) is 0. The molecule has 17 heavy (non-hydrogen) atoms. The minimum atomic E-state index is 0.595. The van der Waals surface area contributed by atoms with Gasteiger partial charge in [0.05, 0.1) is 12.3 Å². The SMILES string of the molecule is CCOc1cc(Sc2n[nH]c(C)n2)ccc1N. The summed E-state index contributed by atoms with van der Waals surface area (Å²) < 4.78 is 5.43. The summed E-state index contributed by atoms with van der Waals surface area (Å²) in [6.45, 7) is 4.39. The number of anilines is 1. The smallest absolute Gasteiger partial charge is 0.213 e. The molecule has 2 rings (SSSR count). The Bertz CT molecular complexity index is 512. The number of hydrogen-bond acceptors (Lipinski definition) is 5. The fourth-order valence-electron chi connectivity index (χ4n) is 1.33. The quantitative estimate of drug-likeness (QED) is 0.814. The van der Waals surface area contributed by atoms with E-state index in [0.717, 1.165) is 10.7 Å². The molecule has 0 atom stereocenters. The van der Waals surface area contributed by atoms with Crippen molar-refractivity contribution in [3.05, 3.63) is 24.0 Å². The lowest BCUT2D eigenvalue weighted by atomic mass is 10.3. The van der Waals surface area contributed by atoms with Crippen molar-refractivity contribution in [3.63, 3.8) is 0 Å². The number of benzene rings is 1. The number of aromatic amines is 1. The molecule has 90 valence electrons. The number of rotatable bonds is 4. The minimum absolute atomic E-state index is 0.595. The fourth-order valence-corrected chi connectivity index (χ4v) is 2.12. The zero-order valence-corrected chi connectivity index (χ0v) is 10.5. The monoisotopic (exact) mass is 250 g/mol. The van der Waals surface area contributed by atoms with Crippen LogP contribution in [0, 0.1) is 6.92 Å². The van der Waals surface area contributed by atoms with Crippen LogP contribution in [0.25, 0.3) is 0 Å². The zero-order chi connectivity index (χ0) is 12.3. The molecular weight excluding hydrogens is 236 g/mol. The van der Waals surface area contributed by atoms with Crippen LogP contribution in [0.2, 0.25) is 0 Å². The van der Waals surface area contributed by atoms with Crippen molar-refractivity contribution < 1.29 is 4.74 Å². The van der Waals surface area contributed by atoms with Crippen LogP contribution in [0.4, 0.5) is 5.69 Å². The average Bonchev–Trinajstić information content (AvgIpc) is 2.69. The van der Waals surface area contributed by atoms with Crippen molar-refractivity contribution in [2.75, 3.05) is 12.3 Å². The Morgan fingerprint density at radius 1 is 1.47 bits per heavy atom. The second-order valence-electron chi connectivity index (χ2n) is 3.44. The van der Waals surface area contributed by atoms with Crippen LogP contribution in [-0.2, 0) is 0 Å². The van der Waals surface area contributed by atoms with Gasteiger partial charge < -0.3 is 10.5 Å². The predicted molar refractivity (Wildman–Crippen MR) is 67.3 cm³/mol. The second kappa shape index (κ2) is 5.09. The lowest BCUT2D eigenvalue weighted by Crippen LogP contribution is -1.96. The van der Waals surface area contributed by atoms with Crippen molar-refractivity contribution in [3.8, 4) is 5.75 Å². The van der Waals surface area contributed by atoms with E-state index in [1.165, 1.54) is 11.8 Å². The zero-order valence-electron chi connectivity index (χ0n) is 9.73. The Balaban J connectivity index is 2.18. The summed E-state index contributed by atoms with van der Waals surface area (Å²) in [7, 11) is 0. The Hall–Kier alpha value is -1.69. The molecule has 0 saturated heterocycles. The standard InChI is InChI=1S/C11H14N4OS/c1-3-16-10-6-8(4-5-9(10)12)17-11-13-7(2)14-15-11/h4-6H,3,12H2,1-2H3,(H,13,14,15). The van der Waals surface area contributed by atoms with Gasteiger partial charge in [-0.25, -0.2) is 4.98 Å². The molecule has 0 saturated carbocycles. The number of nitrogens with two attached hydrogens (primary N) is 1. The molecule has 5 nitrogen and oxygen atoms in total. The van der Waals surface area contributed by atoms with Gasteiger partial charge in [-0.2, -0.15) is 0 Å². The first kappa shape index (κ1) is 11.8. The van der Waals surface area contributed by atoms with E-state index in [-0.39, 0.29) is 0 Å². The Kier molecular flexibility index (Phi) is 3.53. The number of H-pyrrole nitrogens is 1. The van der Waals surface area contributed by atoms with Gasteiger partial charge in [0.15, 0.2) is 0 Å². The second-order valence-corrected chi connectivity index (χ2v) is 4.48. The maximum absolute atomic E-state index is 5.80. The van der Waals surface area contributed by atoms with Gasteiger partial charge in [-0.05, 0) is 43.8 Å². The summed E-state index contributed by atoms with van der Waals surface area (Å²) in [5.74, 6) is 1.50. The third kappa shape index (κ3) is 2.91. The van der Waals surface area contributed by atoms with Gasteiger partial charge in [-0.1, -0.05) is 0 Å². The summed E-state index contributed by atoms with van der Waals surface area (Å²) in [5, 5.41) is 7.56. The maximum Gasteiger partial charge on any atom is 0.213 e. The molecule has 0 amide bonds. The first-order valence-corrected chi connectivity index (χ1v) is 6.10. The van der Waals surface area contributed by atoms with Gasteiger partial charge in [0, 0.05) is 4.90 Å². The Morgan fingerprint density at radius 2 is 2.29 bits per heavy atom. The van der Waals surface area contributed by atoms with E-state index in [1.54, 1.807) is 0 Å². The number of nitrogen functional groups attached to an aromatic ring is 1. The molecule has 0 aliphatic heterocycles. The van der Waals surface area contributed by atoms with Crippen LogP contribution in [-0.4, -0.2) is 21.8 Å². The molecule has 6 heteroatoms. The van der Waals surface area contributed by atoms with E-state index in [2.05, 4.69) is 15.2 Å². The lowest BCUT2D eigenvalue weighted by Gasteiger charge is -2.07. The summed E-state index contributed by atoms with van der Waals surface area (Å²) >= 11 is 1.47. The molecule has 0 aliphatic rings. The molecule has 3 N–H and O–H groups in total. The minimum Gasteiger partial charge on any atom is -0.492 e. The fraction of sp³-hybridized carbons (Fsp3) is 0.273. The van der Waals surface area contributed by atoms with Crippen LogP contribution in [0.15, 0.2) is 28.3 Å². The van der Waals surface area contributed by atoms with E-state index in [9.17, 15) is 0 Å². The van der Waals surface area contributed by atoms with E-state index < -0.39 is 0 Å². The highest BCUT2D eigenvalue weighted by molar-refractivity contribution is 7.99. The average molecular weight is 250 g/mol. The number of ether oxygens (including phenoxy) is 1. The van der Waals surface area contributed by atoms with Gasteiger partial charge in [0.1, 0.15) is 11.6 Å². The molecule has 0 spiro atoms. The Labute approximate surface area is 104 Å². The number of nitrogens with zero attached hydrogens (tertiary/aromatic N) is 2.